The largest absolute Gasteiger partial charge is 0.496 e. The van der Waals surface area contributed by atoms with Crippen LogP contribution in [0.4, 0.5) is 0 Å². The third-order valence-electron chi connectivity index (χ3n) is 5.36. The highest BCUT2D eigenvalue weighted by atomic mass is 16.5. The van der Waals surface area contributed by atoms with Crippen molar-refractivity contribution in [3.05, 3.63) is 90.6 Å². The summed E-state index contributed by atoms with van der Waals surface area (Å²) in [7, 11) is 3.19. The van der Waals surface area contributed by atoms with Crippen LogP contribution in [-0.2, 0) is 13.2 Å². The molecule has 0 aliphatic rings. The van der Waals surface area contributed by atoms with E-state index in [4.69, 9.17) is 14.2 Å². The van der Waals surface area contributed by atoms with Crippen molar-refractivity contribution in [1.82, 2.24) is 34.7 Å². The van der Waals surface area contributed by atoms with E-state index in [1.54, 1.807) is 43.6 Å². The average Bonchev–Trinajstić information content (AvgIpc) is 3.58. The molecule has 0 fully saturated rings. The van der Waals surface area contributed by atoms with E-state index in [0.717, 1.165) is 16.8 Å². The minimum Gasteiger partial charge on any atom is -0.496 e. The van der Waals surface area contributed by atoms with Gasteiger partial charge in [0.15, 0.2) is 11.6 Å². The summed E-state index contributed by atoms with van der Waals surface area (Å²) in [5.41, 5.74) is 2.61. The van der Waals surface area contributed by atoms with Crippen molar-refractivity contribution in [2.75, 3.05) is 14.2 Å². The Morgan fingerprint density at radius 1 is 0.914 bits per heavy atom. The summed E-state index contributed by atoms with van der Waals surface area (Å²) in [6.07, 6.45) is 5.10. The first-order chi connectivity index (χ1) is 17.2. The molecule has 0 bridgehead atoms. The molecule has 0 atom stereocenters. The fourth-order valence-electron chi connectivity index (χ4n) is 3.64. The van der Waals surface area contributed by atoms with Crippen molar-refractivity contribution < 1.29 is 14.2 Å². The molecule has 0 unspecified atom stereocenters. The molecule has 3 aromatic heterocycles. The number of rotatable bonds is 9. The van der Waals surface area contributed by atoms with E-state index in [1.807, 2.05) is 59.2 Å². The van der Waals surface area contributed by atoms with Gasteiger partial charge in [0.25, 0.3) is 0 Å². The van der Waals surface area contributed by atoms with Crippen molar-refractivity contribution in [1.29, 1.82) is 0 Å². The molecule has 0 amide bonds. The van der Waals surface area contributed by atoms with Gasteiger partial charge in [0, 0.05) is 18.3 Å². The predicted molar refractivity (Wildman–Crippen MR) is 128 cm³/mol. The van der Waals surface area contributed by atoms with Gasteiger partial charge in [0.1, 0.15) is 24.7 Å². The van der Waals surface area contributed by atoms with Gasteiger partial charge < -0.3 is 14.2 Å². The van der Waals surface area contributed by atoms with Crippen LogP contribution in [0, 0.1) is 0 Å². The molecule has 0 aliphatic heterocycles. The van der Waals surface area contributed by atoms with Crippen molar-refractivity contribution in [3.63, 3.8) is 0 Å². The van der Waals surface area contributed by atoms with Crippen LogP contribution in [0.5, 0.6) is 17.4 Å². The van der Waals surface area contributed by atoms with Crippen LogP contribution >= 0.6 is 0 Å². The fourth-order valence-corrected chi connectivity index (χ4v) is 3.64. The zero-order valence-electron chi connectivity index (χ0n) is 19.3. The Morgan fingerprint density at radius 3 is 2.51 bits per heavy atom. The van der Waals surface area contributed by atoms with E-state index in [1.165, 1.54) is 0 Å². The molecule has 5 aromatic rings. The Morgan fingerprint density at radius 2 is 1.80 bits per heavy atom. The summed E-state index contributed by atoms with van der Waals surface area (Å²) in [6, 6.07) is 19.3. The van der Waals surface area contributed by atoms with Crippen LogP contribution in [0.3, 0.4) is 0 Å². The summed E-state index contributed by atoms with van der Waals surface area (Å²) >= 11 is 0. The van der Waals surface area contributed by atoms with Gasteiger partial charge in [0.05, 0.1) is 37.9 Å². The minimum absolute atomic E-state index is 0.375. The molecule has 176 valence electrons. The number of ether oxygens (including phenoxy) is 3. The minimum atomic E-state index is 0.375. The molecule has 0 saturated heterocycles. The van der Waals surface area contributed by atoms with Crippen LogP contribution in [0.15, 0.2) is 79.3 Å². The first kappa shape index (κ1) is 22.1. The van der Waals surface area contributed by atoms with E-state index < -0.39 is 0 Å². The normalized spacial score (nSPS) is 10.8. The summed E-state index contributed by atoms with van der Waals surface area (Å²) < 4.78 is 20.5. The molecule has 5 rings (SSSR count). The van der Waals surface area contributed by atoms with Gasteiger partial charge in [-0.05, 0) is 23.8 Å². The molecule has 0 N–H and O–H groups in total. The van der Waals surface area contributed by atoms with E-state index in [2.05, 4.69) is 25.5 Å². The molecule has 2 aromatic carbocycles. The van der Waals surface area contributed by atoms with E-state index >= 15 is 0 Å². The van der Waals surface area contributed by atoms with Gasteiger partial charge in [-0.15, -0.1) is 15.3 Å². The smallest absolute Gasteiger partial charge is 0.213 e. The van der Waals surface area contributed by atoms with Crippen molar-refractivity contribution >= 4 is 0 Å². The first-order valence-electron chi connectivity index (χ1n) is 10.9. The Labute approximate surface area is 201 Å². The Hall–Kier alpha value is -4.73. The summed E-state index contributed by atoms with van der Waals surface area (Å²) in [5.74, 6) is 3.06. The maximum absolute atomic E-state index is 5.98. The lowest BCUT2D eigenvalue weighted by Gasteiger charge is -2.14. The second-order valence-electron chi connectivity index (χ2n) is 7.57. The topological polar surface area (TPSA) is 102 Å². The van der Waals surface area contributed by atoms with Crippen molar-refractivity contribution in [3.8, 4) is 34.5 Å². The quantitative estimate of drug-likeness (QED) is 0.323. The number of hydrogen-bond donors (Lipinski definition) is 0. The number of nitrogens with zero attached hydrogens (tertiary/aromatic N) is 7. The van der Waals surface area contributed by atoms with E-state index in [-0.39, 0.29) is 0 Å². The molecular weight excluding hydrogens is 446 g/mol. The zero-order chi connectivity index (χ0) is 24.0. The maximum Gasteiger partial charge on any atom is 0.213 e. The Bertz CT molecular complexity index is 1380. The molecule has 0 spiro atoms. The van der Waals surface area contributed by atoms with Gasteiger partial charge in [0.2, 0.25) is 5.88 Å². The van der Waals surface area contributed by atoms with Gasteiger partial charge >= 0.3 is 0 Å². The van der Waals surface area contributed by atoms with Crippen LogP contribution in [0.2, 0.25) is 0 Å². The van der Waals surface area contributed by atoms with Crippen molar-refractivity contribution in [2.24, 2.45) is 0 Å². The monoisotopic (exact) mass is 469 g/mol. The number of methoxy groups -OCH3 is 2. The third-order valence-corrected chi connectivity index (χ3v) is 5.36. The van der Waals surface area contributed by atoms with Crippen LogP contribution in [0.25, 0.3) is 17.1 Å². The lowest BCUT2D eigenvalue weighted by atomic mass is 10.1. The second-order valence-corrected chi connectivity index (χ2v) is 7.57. The fraction of sp³-hybridized carbons (Fsp3) is 0.160. The summed E-state index contributed by atoms with van der Waals surface area (Å²) in [6.45, 7) is 0.832. The number of aromatic nitrogens is 7. The molecule has 35 heavy (non-hydrogen) atoms. The summed E-state index contributed by atoms with van der Waals surface area (Å²) in [4.78, 5) is 4.35. The van der Waals surface area contributed by atoms with E-state index in [9.17, 15) is 0 Å². The number of hydrogen-bond acceptors (Lipinski definition) is 8. The molecule has 0 saturated carbocycles. The summed E-state index contributed by atoms with van der Waals surface area (Å²) in [5, 5.41) is 16.9. The predicted octanol–water partition coefficient (Wildman–Crippen LogP) is 3.57. The van der Waals surface area contributed by atoms with Gasteiger partial charge in [-0.3, -0.25) is 4.57 Å². The Balaban J connectivity index is 1.52. The lowest BCUT2D eigenvalue weighted by Crippen LogP contribution is -2.09. The van der Waals surface area contributed by atoms with Gasteiger partial charge in [-0.1, -0.05) is 35.5 Å². The molecule has 0 aliphatic carbocycles. The molecule has 10 nitrogen and oxygen atoms in total. The first-order valence-corrected chi connectivity index (χ1v) is 10.9. The number of pyridine rings is 1. The molecule has 10 heteroatoms. The highest BCUT2D eigenvalue weighted by Crippen LogP contribution is 2.34. The maximum atomic E-state index is 5.98. The highest BCUT2D eigenvalue weighted by Gasteiger charge is 2.20. The second kappa shape index (κ2) is 10.0. The van der Waals surface area contributed by atoms with Crippen molar-refractivity contribution in [2.45, 2.75) is 13.2 Å². The standard InChI is InChI=1S/C25H23N7O3/c1-33-22-14-20(35-17-18-6-4-3-5-7-18)9-10-21(22)25-29-28-23(16-31-13-12-27-30-31)32(25)19-8-11-24(34-2)26-15-19/h3-15H,16-17H2,1-2H3. The molecule has 3 heterocycles. The van der Waals surface area contributed by atoms with Crippen LogP contribution in [-0.4, -0.2) is 49.0 Å². The molecule has 0 radical (unpaired) electrons. The third kappa shape index (κ3) is 4.81. The van der Waals surface area contributed by atoms with E-state index in [0.29, 0.717) is 42.2 Å². The lowest BCUT2D eigenvalue weighted by molar-refractivity contribution is 0.304. The average molecular weight is 470 g/mol. The molecular formula is C25H23N7O3. The van der Waals surface area contributed by atoms with Crippen LogP contribution in [0.1, 0.15) is 11.4 Å². The van der Waals surface area contributed by atoms with Gasteiger partial charge in [-0.2, -0.15) is 0 Å². The Kier molecular flexibility index (Phi) is 6.33. The van der Waals surface area contributed by atoms with Crippen LogP contribution < -0.4 is 14.2 Å². The van der Waals surface area contributed by atoms with Gasteiger partial charge in [-0.25, -0.2) is 9.67 Å². The highest BCUT2D eigenvalue weighted by molar-refractivity contribution is 5.68. The zero-order valence-corrected chi connectivity index (χ0v) is 19.3. The number of benzene rings is 2. The SMILES string of the molecule is COc1ccc(-n2c(Cn3ccnn3)nnc2-c2ccc(OCc3ccccc3)cc2OC)cn1.